The van der Waals surface area contributed by atoms with E-state index in [0.717, 1.165) is 10.5 Å². The van der Waals surface area contributed by atoms with Gasteiger partial charge in [0.25, 0.3) is 0 Å². The molecule has 1 aliphatic rings. The van der Waals surface area contributed by atoms with Gasteiger partial charge in [-0.3, -0.25) is 19.2 Å². The van der Waals surface area contributed by atoms with Crippen molar-refractivity contribution >= 4 is 46.7 Å². The van der Waals surface area contributed by atoms with Gasteiger partial charge in [0.05, 0.1) is 11.8 Å². The molecular formula is C30H28N2O5S. The Bertz CT molecular complexity index is 1340. The van der Waals surface area contributed by atoms with Gasteiger partial charge in [-0.05, 0) is 73.9 Å². The molecule has 0 heterocycles. The Hall–Kier alpha value is -4.17. The molecule has 3 atom stereocenters. The minimum absolute atomic E-state index is 0.0440. The van der Waals surface area contributed by atoms with Crippen molar-refractivity contribution < 1.29 is 24.3 Å². The summed E-state index contributed by atoms with van der Waals surface area (Å²) in [6.07, 6.45) is 4.37. The Balaban J connectivity index is 1.46. The van der Waals surface area contributed by atoms with Crippen LogP contribution in [0.3, 0.4) is 0 Å². The lowest BCUT2D eigenvalue weighted by atomic mass is 9.82. The molecule has 0 fully saturated rings. The highest BCUT2D eigenvalue weighted by Gasteiger charge is 2.34. The van der Waals surface area contributed by atoms with Crippen LogP contribution in [0.1, 0.15) is 40.9 Å². The molecule has 2 amide bonds. The Morgan fingerprint density at radius 2 is 1.37 bits per heavy atom. The number of carbonyl (C=O) groups excluding carboxylic acids is 3. The number of carboxylic acids is 1. The van der Waals surface area contributed by atoms with Crippen LogP contribution >= 0.6 is 11.8 Å². The third-order valence-corrected chi connectivity index (χ3v) is 7.63. The van der Waals surface area contributed by atoms with Gasteiger partial charge < -0.3 is 15.7 Å². The molecule has 1 aliphatic carbocycles. The van der Waals surface area contributed by atoms with Gasteiger partial charge in [0.1, 0.15) is 5.25 Å². The molecule has 4 rings (SSSR count). The second kappa shape index (κ2) is 12.4. The number of nitrogens with one attached hydrogen (secondary N) is 2. The molecule has 38 heavy (non-hydrogen) atoms. The first-order chi connectivity index (χ1) is 18.3. The van der Waals surface area contributed by atoms with E-state index in [0.29, 0.717) is 29.8 Å². The van der Waals surface area contributed by atoms with Gasteiger partial charge in [0.2, 0.25) is 11.8 Å². The average Bonchev–Trinajstić information content (AvgIpc) is 2.93. The van der Waals surface area contributed by atoms with Gasteiger partial charge in [-0.2, -0.15) is 0 Å². The van der Waals surface area contributed by atoms with Crippen LogP contribution in [0.15, 0.2) is 95.9 Å². The van der Waals surface area contributed by atoms with Crippen molar-refractivity contribution in [3.8, 4) is 0 Å². The number of allylic oxidation sites excluding steroid dienone is 2. The molecule has 0 bridgehead atoms. The van der Waals surface area contributed by atoms with Gasteiger partial charge in [0, 0.05) is 21.8 Å². The fraction of sp³-hybridized carbons (Fsp3) is 0.200. The summed E-state index contributed by atoms with van der Waals surface area (Å²) in [6.45, 7) is 1.49. The molecule has 0 saturated carbocycles. The van der Waals surface area contributed by atoms with Crippen molar-refractivity contribution in [1.29, 1.82) is 0 Å². The molecule has 3 aromatic carbocycles. The number of carboxylic acid groups (broad SMARTS) is 1. The van der Waals surface area contributed by atoms with E-state index in [1.165, 1.54) is 18.7 Å². The summed E-state index contributed by atoms with van der Waals surface area (Å²) in [5.74, 6) is -2.90. The van der Waals surface area contributed by atoms with Crippen molar-refractivity contribution in [3.05, 3.63) is 102 Å². The van der Waals surface area contributed by atoms with E-state index in [2.05, 4.69) is 10.6 Å². The van der Waals surface area contributed by atoms with Crippen LogP contribution in [0.25, 0.3) is 0 Å². The molecular weight excluding hydrogens is 500 g/mol. The molecule has 0 aliphatic heterocycles. The lowest BCUT2D eigenvalue weighted by molar-refractivity contribution is -0.146. The fourth-order valence-corrected chi connectivity index (χ4v) is 5.29. The quantitative estimate of drug-likeness (QED) is 0.179. The first-order valence-electron chi connectivity index (χ1n) is 12.2. The van der Waals surface area contributed by atoms with E-state index in [1.54, 1.807) is 42.5 Å². The van der Waals surface area contributed by atoms with Gasteiger partial charge in [-0.15, -0.1) is 11.8 Å². The summed E-state index contributed by atoms with van der Waals surface area (Å²) in [5.41, 5.74) is 2.56. The van der Waals surface area contributed by atoms with E-state index >= 15 is 0 Å². The number of aliphatic carboxylic acids is 1. The van der Waals surface area contributed by atoms with Crippen LogP contribution in [-0.4, -0.2) is 28.7 Å². The van der Waals surface area contributed by atoms with Gasteiger partial charge >= 0.3 is 5.97 Å². The van der Waals surface area contributed by atoms with Crippen LogP contribution in [-0.2, 0) is 14.4 Å². The summed E-state index contributed by atoms with van der Waals surface area (Å²) >= 11 is 1.37. The van der Waals surface area contributed by atoms with Crippen LogP contribution in [0, 0.1) is 11.8 Å². The third kappa shape index (κ3) is 6.77. The minimum atomic E-state index is -0.971. The molecule has 7 nitrogen and oxygen atoms in total. The second-order valence-corrected chi connectivity index (χ2v) is 10.2. The monoisotopic (exact) mass is 528 g/mol. The Labute approximate surface area is 225 Å². The molecule has 194 valence electrons. The van der Waals surface area contributed by atoms with Crippen LogP contribution in [0.2, 0.25) is 0 Å². The minimum Gasteiger partial charge on any atom is -0.481 e. The zero-order valence-electron chi connectivity index (χ0n) is 20.8. The SMILES string of the molecule is CC(=O)c1ccc(NC(=O)[C@H](Sc2ccc(NC(=O)[C@H]3CC=CC[C@@H]3C(=O)O)cc2)c2ccccc2)cc1. The first-order valence-corrected chi connectivity index (χ1v) is 13.1. The lowest BCUT2D eigenvalue weighted by Crippen LogP contribution is -2.34. The van der Waals surface area contributed by atoms with Crippen LogP contribution in [0.5, 0.6) is 0 Å². The Morgan fingerprint density at radius 1 is 0.789 bits per heavy atom. The number of carbonyl (C=O) groups is 4. The molecule has 0 aromatic heterocycles. The van der Waals surface area contributed by atoms with E-state index in [4.69, 9.17) is 0 Å². The van der Waals surface area contributed by atoms with Crippen molar-refractivity contribution in [2.24, 2.45) is 11.8 Å². The fourth-order valence-electron chi connectivity index (χ4n) is 4.26. The number of anilines is 2. The Kier molecular flexibility index (Phi) is 8.76. The highest BCUT2D eigenvalue weighted by atomic mass is 32.2. The molecule has 0 saturated heterocycles. The van der Waals surface area contributed by atoms with E-state index in [-0.39, 0.29) is 17.6 Å². The van der Waals surface area contributed by atoms with Gasteiger partial charge in [-0.1, -0.05) is 42.5 Å². The summed E-state index contributed by atoms with van der Waals surface area (Å²) < 4.78 is 0. The zero-order valence-corrected chi connectivity index (χ0v) is 21.6. The number of hydrogen-bond donors (Lipinski definition) is 3. The zero-order chi connectivity index (χ0) is 27.1. The number of thioether (sulfide) groups is 1. The number of rotatable bonds is 9. The maximum absolute atomic E-state index is 13.3. The Morgan fingerprint density at radius 3 is 1.97 bits per heavy atom. The van der Waals surface area contributed by atoms with E-state index < -0.39 is 23.1 Å². The molecule has 0 unspecified atom stereocenters. The summed E-state index contributed by atoms with van der Waals surface area (Å²) in [4.78, 5) is 50.0. The predicted octanol–water partition coefficient (Wildman–Crippen LogP) is 5.97. The van der Waals surface area contributed by atoms with Crippen molar-refractivity contribution in [3.63, 3.8) is 0 Å². The smallest absolute Gasteiger partial charge is 0.307 e. The molecule has 0 radical (unpaired) electrons. The molecule has 3 N–H and O–H groups in total. The maximum atomic E-state index is 13.3. The van der Waals surface area contributed by atoms with Crippen LogP contribution < -0.4 is 10.6 Å². The second-order valence-electron chi connectivity index (χ2n) is 9.04. The largest absolute Gasteiger partial charge is 0.481 e. The summed E-state index contributed by atoms with van der Waals surface area (Å²) in [6, 6.07) is 23.3. The first kappa shape index (κ1) is 26.9. The van der Waals surface area contributed by atoms with E-state index in [1.807, 2.05) is 48.5 Å². The normalized spacial score (nSPS) is 17.3. The number of ketones is 1. The van der Waals surface area contributed by atoms with Crippen molar-refractivity contribution in [1.82, 2.24) is 0 Å². The van der Waals surface area contributed by atoms with Gasteiger partial charge in [0.15, 0.2) is 5.78 Å². The molecule has 8 heteroatoms. The lowest BCUT2D eigenvalue weighted by Gasteiger charge is -2.24. The number of Topliss-reactive ketones (excluding diaryl/α,β-unsaturated/α-hetero) is 1. The highest BCUT2D eigenvalue weighted by molar-refractivity contribution is 8.00. The maximum Gasteiger partial charge on any atom is 0.307 e. The summed E-state index contributed by atoms with van der Waals surface area (Å²) in [7, 11) is 0. The topological polar surface area (TPSA) is 113 Å². The van der Waals surface area contributed by atoms with Crippen LogP contribution in [0.4, 0.5) is 11.4 Å². The van der Waals surface area contributed by atoms with Crippen molar-refractivity contribution in [2.45, 2.75) is 29.9 Å². The third-order valence-electron chi connectivity index (χ3n) is 6.36. The summed E-state index contributed by atoms with van der Waals surface area (Å²) in [5, 5.41) is 14.7. The molecule has 0 spiro atoms. The number of hydrogen-bond acceptors (Lipinski definition) is 5. The number of benzene rings is 3. The van der Waals surface area contributed by atoms with Crippen molar-refractivity contribution in [2.75, 3.05) is 10.6 Å². The standard InChI is InChI=1S/C30H28N2O5S/c1-19(33)20-11-13-22(14-12-20)32-29(35)27(21-7-3-2-4-8-21)38-24-17-15-23(16-18-24)31-28(34)25-9-5-6-10-26(25)30(36)37/h2-8,11-18,25-27H,9-10H2,1H3,(H,31,34)(H,32,35)(H,36,37)/t25-,26-,27+/m0/s1. The number of amides is 2. The highest BCUT2D eigenvalue weighted by Crippen LogP contribution is 2.37. The van der Waals surface area contributed by atoms with E-state index in [9.17, 15) is 24.3 Å². The molecule has 3 aromatic rings. The average molecular weight is 529 g/mol. The predicted molar refractivity (Wildman–Crippen MR) is 148 cm³/mol. The van der Waals surface area contributed by atoms with Gasteiger partial charge in [-0.25, -0.2) is 0 Å².